The van der Waals surface area contributed by atoms with Gasteiger partial charge in [-0.1, -0.05) is 6.08 Å². The van der Waals surface area contributed by atoms with E-state index in [2.05, 4.69) is 9.47 Å². The lowest BCUT2D eigenvalue weighted by atomic mass is 9.88. The van der Waals surface area contributed by atoms with Gasteiger partial charge in [0.1, 0.15) is 4.90 Å². The lowest BCUT2D eigenvalue weighted by Gasteiger charge is -2.28. The molecule has 1 aromatic rings. The average Bonchev–Trinajstić information content (AvgIpc) is 2.56. The van der Waals surface area contributed by atoms with Crippen molar-refractivity contribution in [2.75, 3.05) is 14.2 Å². The van der Waals surface area contributed by atoms with Crippen LogP contribution in [0.3, 0.4) is 0 Å². The highest BCUT2D eigenvalue weighted by atomic mass is 32.2. The van der Waals surface area contributed by atoms with E-state index in [1.807, 2.05) is 0 Å². The van der Waals surface area contributed by atoms with Crippen molar-refractivity contribution in [1.82, 2.24) is 0 Å². The van der Waals surface area contributed by atoms with Gasteiger partial charge in [0.25, 0.3) is 20.2 Å². The topological polar surface area (TPSA) is 161 Å². The smallest absolute Gasteiger partial charge is 0.339 e. The SMILES string of the molecule is COC(=O)c1cc2c(cc1S(=O)(=O)O)CC(C(=O)OC)(S(=O)(=O)O)C=C2. The van der Waals surface area contributed by atoms with Crippen molar-refractivity contribution < 1.29 is 45.0 Å². The summed E-state index contributed by atoms with van der Waals surface area (Å²) in [6, 6.07) is 1.90. The summed E-state index contributed by atoms with van der Waals surface area (Å²) < 4.78 is 72.0. The van der Waals surface area contributed by atoms with Crippen molar-refractivity contribution in [3.63, 3.8) is 0 Å². The molecule has 0 aromatic heterocycles. The third-order valence-electron chi connectivity index (χ3n) is 3.90. The number of ether oxygens (including phenoxy) is 2. The van der Waals surface area contributed by atoms with E-state index >= 15 is 0 Å². The fraction of sp³-hybridized carbons (Fsp3) is 0.286. The van der Waals surface area contributed by atoms with E-state index in [1.165, 1.54) is 0 Å². The van der Waals surface area contributed by atoms with Gasteiger partial charge in [0.15, 0.2) is 0 Å². The zero-order valence-corrected chi connectivity index (χ0v) is 15.1. The molecule has 0 saturated carbocycles. The van der Waals surface area contributed by atoms with Crippen LogP contribution in [-0.4, -0.2) is 56.8 Å². The van der Waals surface area contributed by atoms with Crippen molar-refractivity contribution >= 4 is 38.3 Å². The molecule has 1 aliphatic rings. The number of hydrogen-bond donors (Lipinski definition) is 2. The quantitative estimate of drug-likeness (QED) is 0.517. The van der Waals surface area contributed by atoms with E-state index < -0.39 is 53.8 Å². The molecule has 2 rings (SSSR count). The standard InChI is InChI=1S/C14H14O10S2/c1-23-12(15)10-5-8-3-4-14(13(16)24-2,26(20,21)22)7-9(8)6-11(10)25(17,18)19/h3-6H,7H2,1-2H3,(H,17,18,19)(H,20,21,22). The van der Waals surface area contributed by atoms with E-state index in [0.29, 0.717) is 0 Å². The van der Waals surface area contributed by atoms with Crippen LogP contribution >= 0.6 is 0 Å². The minimum atomic E-state index is -4.99. The summed E-state index contributed by atoms with van der Waals surface area (Å²) in [5.74, 6) is -2.33. The van der Waals surface area contributed by atoms with Crippen LogP contribution in [0, 0.1) is 0 Å². The minimum Gasteiger partial charge on any atom is -0.468 e. The first-order valence-electron chi connectivity index (χ1n) is 6.85. The van der Waals surface area contributed by atoms with Crippen molar-refractivity contribution in [3.8, 4) is 0 Å². The van der Waals surface area contributed by atoms with Gasteiger partial charge in [-0.25, -0.2) is 9.59 Å². The summed E-state index contributed by atoms with van der Waals surface area (Å²) in [5.41, 5.74) is -0.312. The molecule has 0 spiro atoms. The number of carbonyl (C=O) groups is 2. The second-order valence-corrected chi connectivity index (χ2v) is 8.45. The predicted molar refractivity (Wildman–Crippen MR) is 86.6 cm³/mol. The maximum Gasteiger partial charge on any atom is 0.339 e. The van der Waals surface area contributed by atoms with Crippen LogP contribution in [-0.2, 0) is 40.9 Å². The first-order chi connectivity index (χ1) is 11.9. The Morgan fingerprint density at radius 1 is 1.08 bits per heavy atom. The number of benzene rings is 1. The van der Waals surface area contributed by atoms with Gasteiger partial charge in [-0.15, -0.1) is 0 Å². The third kappa shape index (κ3) is 3.23. The van der Waals surface area contributed by atoms with Crippen LogP contribution < -0.4 is 0 Å². The van der Waals surface area contributed by atoms with Gasteiger partial charge in [0, 0.05) is 6.42 Å². The molecule has 0 fully saturated rings. The molecular weight excluding hydrogens is 392 g/mol. The Labute approximate surface area is 148 Å². The molecule has 0 heterocycles. The van der Waals surface area contributed by atoms with E-state index in [1.54, 1.807) is 0 Å². The normalized spacial score (nSPS) is 19.5. The monoisotopic (exact) mass is 406 g/mol. The molecule has 0 bridgehead atoms. The zero-order valence-electron chi connectivity index (χ0n) is 13.5. The fourth-order valence-electron chi connectivity index (χ4n) is 2.59. The number of fused-ring (bicyclic) bond motifs is 1. The van der Waals surface area contributed by atoms with Crippen LogP contribution in [0.2, 0.25) is 0 Å². The summed E-state index contributed by atoms with van der Waals surface area (Å²) in [4.78, 5) is 22.9. The maximum absolute atomic E-state index is 12.0. The molecule has 0 aliphatic heterocycles. The maximum atomic E-state index is 12.0. The summed E-state index contributed by atoms with van der Waals surface area (Å²) in [5, 5.41) is 0. The Kier molecular flexibility index (Phi) is 4.98. The highest BCUT2D eigenvalue weighted by Gasteiger charge is 2.51. The van der Waals surface area contributed by atoms with Crippen molar-refractivity contribution in [2.45, 2.75) is 16.1 Å². The number of methoxy groups -OCH3 is 2. The molecule has 0 amide bonds. The summed E-state index contributed by atoms with van der Waals surface area (Å²) >= 11 is 0. The number of carbonyl (C=O) groups excluding carboxylic acids is 2. The largest absolute Gasteiger partial charge is 0.468 e. The molecular formula is C14H14O10S2. The molecule has 142 valence electrons. The van der Waals surface area contributed by atoms with E-state index in [-0.39, 0.29) is 11.1 Å². The average molecular weight is 406 g/mol. The minimum absolute atomic E-state index is 0.0317. The van der Waals surface area contributed by atoms with Gasteiger partial charge < -0.3 is 9.47 Å². The Hall–Kier alpha value is -2.28. The zero-order chi connectivity index (χ0) is 19.9. The molecule has 1 atom stereocenters. The van der Waals surface area contributed by atoms with Gasteiger partial charge in [0.2, 0.25) is 4.75 Å². The second-order valence-electron chi connectivity index (χ2n) is 5.38. The van der Waals surface area contributed by atoms with Crippen LogP contribution in [0.5, 0.6) is 0 Å². The Morgan fingerprint density at radius 3 is 2.15 bits per heavy atom. The molecule has 1 aliphatic carbocycles. The van der Waals surface area contributed by atoms with Crippen molar-refractivity contribution in [3.05, 3.63) is 34.9 Å². The van der Waals surface area contributed by atoms with Crippen LogP contribution in [0.4, 0.5) is 0 Å². The second kappa shape index (κ2) is 6.46. The molecule has 0 saturated heterocycles. The van der Waals surface area contributed by atoms with Gasteiger partial charge in [-0.3, -0.25) is 9.11 Å². The van der Waals surface area contributed by atoms with E-state index in [0.717, 1.165) is 38.5 Å². The van der Waals surface area contributed by atoms with E-state index in [4.69, 9.17) is 0 Å². The first kappa shape index (κ1) is 20.0. The van der Waals surface area contributed by atoms with E-state index in [9.17, 15) is 35.5 Å². The number of esters is 2. The molecule has 1 aromatic carbocycles. The predicted octanol–water partition coefficient (Wildman–Crippen LogP) is 0.0888. The summed E-state index contributed by atoms with van der Waals surface area (Å²) in [6.07, 6.45) is 1.32. The lowest BCUT2D eigenvalue weighted by molar-refractivity contribution is -0.142. The fourth-order valence-corrected chi connectivity index (χ4v) is 4.17. The van der Waals surface area contributed by atoms with Crippen molar-refractivity contribution in [2.24, 2.45) is 0 Å². The molecule has 0 radical (unpaired) electrons. The molecule has 12 heteroatoms. The Balaban J connectivity index is 2.77. The molecule has 26 heavy (non-hydrogen) atoms. The lowest BCUT2D eigenvalue weighted by Crippen LogP contribution is -2.48. The Morgan fingerprint density at radius 2 is 1.69 bits per heavy atom. The van der Waals surface area contributed by atoms with Crippen molar-refractivity contribution in [1.29, 1.82) is 0 Å². The summed E-state index contributed by atoms with van der Waals surface area (Å²) in [6.45, 7) is 0. The highest BCUT2D eigenvalue weighted by molar-refractivity contribution is 7.88. The Bertz CT molecular complexity index is 1020. The van der Waals surface area contributed by atoms with Gasteiger partial charge in [-0.2, -0.15) is 16.8 Å². The number of hydrogen-bond acceptors (Lipinski definition) is 8. The highest BCUT2D eigenvalue weighted by Crippen LogP contribution is 2.35. The van der Waals surface area contributed by atoms with Crippen LogP contribution in [0.1, 0.15) is 21.5 Å². The first-order valence-corrected chi connectivity index (χ1v) is 9.73. The number of rotatable bonds is 4. The summed E-state index contributed by atoms with van der Waals surface area (Å²) in [7, 11) is -7.93. The molecule has 10 nitrogen and oxygen atoms in total. The van der Waals surface area contributed by atoms with Crippen LogP contribution in [0.15, 0.2) is 23.1 Å². The molecule has 2 N–H and O–H groups in total. The van der Waals surface area contributed by atoms with Gasteiger partial charge >= 0.3 is 11.9 Å². The van der Waals surface area contributed by atoms with Gasteiger partial charge in [-0.05, 0) is 29.3 Å². The third-order valence-corrected chi connectivity index (χ3v) is 6.16. The van der Waals surface area contributed by atoms with Crippen LogP contribution in [0.25, 0.3) is 6.08 Å². The molecule has 1 unspecified atom stereocenters. The van der Waals surface area contributed by atoms with Gasteiger partial charge in [0.05, 0.1) is 19.8 Å².